The van der Waals surface area contributed by atoms with Crippen molar-refractivity contribution in [2.75, 3.05) is 49.9 Å². The molecular formula is C20H23F2N5O4S. The van der Waals surface area contributed by atoms with Crippen molar-refractivity contribution in [3.05, 3.63) is 59.8 Å². The highest BCUT2D eigenvalue weighted by atomic mass is 32.2. The van der Waals surface area contributed by atoms with Gasteiger partial charge in [-0.2, -0.15) is 4.31 Å². The number of aromatic nitrogens is 1. The van der Waals surface area contributed by atoms with Crippen LogP contribution in [0.15, 0.2) is 42.6 Å². The number of nitrogens with zero attached hydrogens (tertiary/aromatic N) is 3. The Morgan fingerprint density at radius 3 is 2.44 bits per heavy atom. The Balaban J connectivity index is 1.39. The second-order valence-electron chi connectivity index (χ2n) is 7.05. The monoisotopic (exact) mass is 467 g/mol. The summed E-state index contributed by atoms with van der Waals surface area (Å²) in [7, 11) is -3.57. The lowest BCUT2D eigenvalue weighted by atomic mass is 10.2. The number of carbonyl (C=O) groups is 2. The molecule has 9 nitrogen and oxygen atoms in total. The van der Waals surface area contributed by atoms with Gasteiger partial charge in [-0.05, 0) is 24.3 Å². The minimum Gasteiger partial charge on any atom is -0.354 e. The molecule has 0 aliphatic carbocycles. The predicted octanol–water partition coefficient (Wildman–Crippen LogP) is 0.358. The lowest BCUT2D eigenvalue weighted by Gasteiger charge is -2.34. The molecule has 2 amide bonds. The molecule has 32 heavy (non-hydrogen) atoms. The van der Waals surface area contributed by atoms with Crippen molar-refractivity contribution < 1.29 is 26.8 Å². The van der Waals surface area contributed by atoms with Gasteiger partial charge in [0.1, 0.15) is 17.5 Å². The molecule has 0 saturated carbocycles. The fourth-order valence-electron chi connectivity index (χ4n) is 3.18. The van der Waals surface area contributed by atoms with Crippen LogP contribution in [-0.2, 0) is 14.8 Å². The van der Waals surface area contributed by atoms with Gasteiger partial charge in [0.25, 0.3) is 5.91 Å². The first kappa shape index (κ1) is 23.5. The summed E-state index contributed by atoms with van der Waals surface area (Å²) >= 11 is 0. The van der Waals surface area contributed by atoms with Crippen molar-refractivity contribution >= 4 is 27.7 Å². The molecule has 0 spiro atoms. The van der Waals surface area contributed by atoms with E-state index in [1.165, 1.54) is 4.31 Å². The number of sulfonamides is 1. The standard InChI is InChI=1S/C20H23F2N5O4S/c21-15-4-5-16(17(22)13-15)20(29)25-14-19(28)24-7-12-32(30,31)27-10-8-26(9-11-27)18-3-1-2-6-23-18/h1-6,13H,7-12,14H2,(H,24,28)(H,25,29). The average Bonchev–Trinajstić information content (AvgIpc) is 2.78. The van der Waals surface area contributed by atoms with Crippen LogP contribution in [0, 0.1) is 11.6 Å². The summed E-state index contributed by atoms with van der Waals surface area (Å²) < 4.78 is 52.9. The van der Waals surface area contributed by atoms with Crippen molar-refractivity contribution in [2.45, 2.75) is 0 Å². The molecule has 2 heterocycles. The Bertz CT molecular complexity index is 1060. The molecule has 0 unspecified atom stereocenters. The molecule has 1 aromatic carbocycles. The van der Waals surface area contributed by atoms with E-state index in [0.29, 0.717) is 32.2 Å². The number of pyridine rings is 1. The van der Waals surface area contributed by atoms with Crippen LogP contribution in [0.2, 0.25) is 0 Å². The SMILES string of the molecule is O=C(CNC(=O)c1ccc(F)cc1F)NCCS(=O)(=O)N1CCN(c2ccccn2)CC1. The number of amides is 2. The van der Waals surface area contributed by atoms with Gasteiger partial charge in [-0.3, -0.25) is 9.59 Å². The highest BCUT2D eigenvalue weighted by Crippen LogP contribution is 2.14. The lowest BCUT2D eigenvalue weighted by molar-refractivity contribution is -0.120. The fraction of sp³-hybridized carbons (Fsp3) is 0.350. The highest BCUT2D eigenvalue weighted by Gasteiger charge is 2.27. The summed E-state index contributed by atoms with van der Waals surface area (Å²) in [6.07, 6.45) is 1.68. The van der Waals surface area contributed by atoms with E-state index in [-0.39, 0.29) is 12.3 Å². The Morgan fingerprint density at radius 2 is 1.78 bits per heavy atom. The van der Waals surface area contributed by atoms with E-state index in [1.54, 1.807) is 6.20 Å². The Labute approximate surface area is 184 Å². The zero-order valence-corrected chi connectivity index (χ0v) is 17.9. The normalized spacial score (nSPS) is 14.8. The van der Waals surface area contributed by atoms with Gasteiger partial charge in [0, 0.05) is 45.0 Å². The largest absolute Gasteiger partial charge is 0.354 e. The Morgan fingerprint density at radius 1 is 1.03 bits per heavy atom. The van der Waals surface area contributed by atoms with E-state index >= 15 is 0 Å². The minimum atomic E-state index is -3.57. The van der Waals surface area contributed by atoms with Crippen molar-refractivity contribution in [3.63, 3.8) is 0 Å². The molecule has 172 valence electrons. The second kappa shape index (κ2) is 10.5. The quantitative estimate of drug-likeness (QED) is 0.580. The predicted molar refractivity (Wildman–Crippen MR) is 114 cm³/mol. The van der Waals surface area contributed by atoms with Gasteiger partial charge in [0.05, 0.1) is 17.9 Å². The molecule has 1 aliphatic rings. The van der Waals surface area contributed by atoms with E-state index in [2.05, 4.69) is 15.6 Å². The van der Waals surface area contributed by atoms with E-state index < -0.39 is 45.6 Å². The van der Waals surface area contributed by atoms with Gasteiger partial charge in [0.15, 0.2) is 0 Å². The Hall–Kier alpha value is -3.12. The maximum Gasteiger partial charge on any atom is 0.254 e. The van der Waals surface area contributed by atoms with Gasteiger partial charge in [-0.15, -0.1) is 0 Å². The van der Waals surface area contributed by atoms with Gasteiger partial charge >= 0.3 is 0 Å². The first-order chi connectivity index (χ1) is 15.3. The van der Waals surface area contributed by atoms with Crippen LogP contribution in [0.1, 0.15) is 10.4 Å². The van der Waals surface area contributed by atoms with Crippen LogP contribution in [0.25, 0.3) is 0 Å². The summed E-state index contributed by atoms with van der Waals surface area (Å²) in [6, 6.07) is 8.01. The van der Waals surface area contributed by atoms with Crippen LogP contribution in [-0.4, -0.2) is 74.5 Å². The van der Waals surface area contributed by atoms with E-state index in [9.17, 15) is 26.8 Å². The Kier molecular flexibility index (Phi) is 7.70. The van der Waals surface area contributed by atoms with Gasteiger partial charge in [0.2, 0.25) is 15.9 Å². The molecule has 0 bridgehead atoms. The third kappa shape index (κ3) is 6.20. The number of anilines is 1. The highest BCUT2D eigenvalue weighted by molar-refractivity contribution is 7.89. The zero-order valence-electron chi connectivity index (χ0n) is 17.1. The van der Waals surface area contributed by atoms with Crippen LogP contribution >= 0.6 is 0 Å². The molecule has 2 N–H and O–H groups in total. The zero-order chi connectivity index (χ0) is 23.1. The van der Waals surface area contributed by atoms with Crippen LogP contribution in [0.5, 0.6) is 0 Å². The molecule has 1 aromatic heterocycles. The van der Waals surface area contributed by atoms with Crippen LogP contribution < -0.4 is 15.5 Å². The number of hydrogen-bond donors (Lipinski definition) is 2. The molecular weight excluding hydrogens is 444 g/mol. The fourth-order valence-corrected chi connectivity index (χ4v) is 4.51. The van der Waals surface area contributed by atoms with Crippen LogP contribution in [0.4, 0.5) is 14.6 Å². The molecule has 3 rings (SSSR count). The summed E-state index contributed by atoms with van der Waals surface area (Å²) in [4.78, 5) is 30.0. The molecule has 0 atom stereocenters. The maximum atomic E-state index is 13.6. The molecule has 1 aliphatic heterocycles. The number of hydrogen-bond acceptors (Lipinski definition) is 6. The van der Waals surface area contributed by atoms with Crippen molar-refractivity contribution in [1.82, 2.24) is 19.9 Å². The molecule has 0 radical (unpaired) electrons. The molecule has 12 heteroatoms. The maximum absolute atomic E-state index is 13.6. The lowest BCUT2D eigenvalue weighted by Crippen LogP contribution is -2.50. The van der Waals surface area contributed by atoms with Crippen molar-refractivity contribution in [3.8, 4) is 0 Å². The van der Waals surface area contributed by atoms with Crippen LogP contribution in [0.3, 0.4) is 0 Å². The van der Waals surface area contributed by atoms with Gasteiger partial charge in [-0.1, -0.05) is 6.07 Å². The van der Waals surface area contributed by atoms with Crippen molar-refractivity contribution in [1.29, 1.82) is 0 Å². The van der Waals surface area contributed by atoms with Crippen molar-refractivity contribution in [2.24, 2.45) is 0 Å². The first-order valence-electron chi connectivity index (χ1n) is 9.90. The number of carbonyl (C=O) groups excluding carboxylic acids is 2. The van der Waals surface area contributed by atoms with Gasteiger partial charge in [-0.25, -0.2) is 22.2 Å². The number of piperazine rings is 1. The summed E-state index contributed by atoms with van der Waals surface area (Å²) in [5.74, 6) is -2.87. The third-order valence-corrected chi connectivity index (χ3v) is 6.74. The summed E-state index contributed by atoms with van der Waals surface area (Å²) in [5, 5.41) is 4.62. The third-order valence-electron chi connectivity index (χ3n) is 4.87. The first-order valence-corrected chi connectivity index (χ1v) is 11.5. The summed E-state index contributed by atoms with van der Waals surface area (Å²) in [6.45, 7) is 1.03. The molecule has 1 fully saturated rings. The number of nitrogens with one attached hydrogen (secondary N) is 2. The molecule has 2 aromatic rings. The molecule has 1 saturated heterocycles. The number of rotatable bonds is 8. The van der Waals surface area contributed by atoms with E-state index in [0.717, 1.165) is 18.0 Å². The van der Waals surface area contributed by atoms with E-state index in [1.807, 2.05) is 23.1 Å². The minimum absolute atomic E-state index is 0.137. The number of halogens is 2. The van der Waals surface area contributed by atoms with E-state index in [4.69, 9.17) is 0 Å². The van der Waals surface area contributed by atoms with Gasteiger partial charge < -0.3 is 15.5 Å². The second-order valence-corrected chi connectivity index (χ2v) is 9.14. The number of benzene rings is 1. The smallest absolute Gasteiger partial charge is 0.254 e. The summed E-state index contributed by atoms with van der Waals surface area (Å²) in [5.41, 5.74) is -0.397. The average molecular weight is 467 g/mol. The topological polar surface area (TPSA) is 112 Å².